The number of likely N-dealkylation sites (tertiary alicyclic amines) is 1. The molecule has 2 N–H and O–H groups in total. The van der Waals surface area contributed by atoms with Gasteiger partial charge in [0, 0.05) is 24.8 Å². The molecule has 1 saturated heterocycles. The number of nitrogens with two attached hydrogens (primary N) is 1. The number of nitrogen functional groups attached to an aromatic ring is 1. The Hall–Kier alpha value is -1.71. The first kappa shape index (κ1) is 13.7. The van der Waals surface area contributed by atoms with E-state index in [1.54, 1.807) is 25.3 Å². The van der Waals surface area contributed by atoms with Crippen molar-refractivity contribution in [3.63, 3.8) is 0 Å². The zero-order valence-corrected chi connectivity index (χ0v) is 11.7. The number of carbonyl (C=O) groups is 1. The normalized spacial score (nSPS) is 16.4. The van der Waals surface area contributed by atoms with E-state index in [0.29, 0.717) is 17.0 Å². The van der Waals surface area contributed by atoms with Gasteiger partial charge in [-0.15, -0.1) is 0 Å². The molecule has 1 aromatic carbocycles. The number of piperidine rings is 1. The average molecular weight is 262 g/mol. The Labute approximate surface area is 114 Å². The summed E-state index contributed by atoms with van der Waals surface area (Å²) < 4.78 is 5.25. The topological polar surface area (TPSA) is 55.6 Å². The van der Waals surface area contributed by atoms with E-state index in [1.807, 2.05) is 4.90 Å². The van der Waals surface area contributed by atoms with Gasteiger partial charge >= 0.3 is 0 Å². The van der Waals surface area contributed by atoms with Crippen molar-refractivity contribution in [2.45, 2.75) is 26.2 Å². The maximum absolute atomic E-state index is 12.5. The summed E-state index contributed by atoms with van der Waals surface area (Å²) >= 11 is 0. The van der Waals surface area contributed by atoms with E-state index < -0.39 is 0 Å². The van der Waals surface area contributed by atoms with Crippen molar-refractivity contribution >= 4 is 11.6 Å². The number of anilines is 1. The van der Waals surface area contributed by atoms with Gasteiger partial charge in [-0.2, -0.15) is 0 Å². The Morgan fingerprint density at radius 3 is 2.68 bits per heavy atom. The Balaban J connectivity index is 2.12. The van der Waals surface area contributed by atoms with Gasteiger partial charge in [-0.3, -0.25) is 4.79 Å². The Kier molecular flexibility index (Phi) is 4.30. The largest absolute Gasteiger partial charge is 0.496 e. The molecule has 1 amide bonds. The minimum absolute atomic E-state index is 0.0476. The van der Waals surface area contributed by atoms with E-state index >= 15 is 0 Å². The second-order valence-corrected chi connectivity index (χ2v) is 5.10. The van der Waals surface area contributed by atoms with Gasteiger partial charge in [-0.1, -0.05) is 13.3 Å². The molecule has 4 nitrogen and oxygen atoms in total. The number of hydrogen-bond donors (Lipinski definition) is 1. The van der Waals surface area contributed by atoms with Crippen LogP contribution in [0, 0.1) is 5.92 Å². The molecule has 1 heterocycles. The van der Waals surface area contributed by atoms with Crippen molar-refractivity contribution in [2.75, 3.05) is 25.9 Å². The lowest BCUT2D eigenvalue weighted by molar-refractivity contribution is 0.0685. The van der Waals surface area contributed by atoms with Crippen LogP contribution in [-0.2, 0) is 0 Å². The van der Waals surface area contributed by atoms with Gasteiger partial charge in [0.05, 0.1) is 12.7 Å². The van der Waals surface area contributed by atoms with Crippen LogP contribution in [0.4, 0.5) is 5.69 Å². The first-order valence-electron chi connectivity index (χ1n) is 6.88. The Bertz CT molecular complexity index is 451. The van der Waals surface area contributed by atoms with Gasteiger partial charge in [0.25, 0.3) is 5.91 Å². The van der Waals surface area contributed by atoms with Crippen molar-refractivity contribution in [1.82, 2.24) is 4.90 Å². The number of ether oxygens (including phenoxy) is 1. The molecule has 0 spiro atoms. The summed E-state index contributed by atoms with van der Waals surface area (Å²) in [6, 6.07) is 5.20. The van der Waals surface area contributed by atoms with E-state index in [0.717, 1.165) is 31.8 Å². The van der Waals surface area contributed by atoms with E-state index in [4.69, 9.17) is 10.5 Å². The number of methoxy groups -OCH3 is 1. The minimum Gasteiger partial charge on any atom is -0.496 e. The predicted octanol–water partition coefficient (Wildman–Crippen LogP) is 2.54. The molecular weight excluding hydrogens is 240 g/mol. The van der Waals surface area contributed by atoms with Gasteiger partial charge < -0.3 is 15.4 Å². The fourth-order valence-corrected chi connectivity index (χ4v) is 2.60. The molecule has 0 radical (unpaired) electrons. The van der Waals surface area contributed by atoms with Crippen molar-refractivity contribution in [1.29, 1.82) is 0 Å². The number of nitrogens with zero attached hydrogens (tertiary/aromatic N) is 1. The smallest absolute Gasteiger partial charge is 0.257 e. The third kappa shape index (κ3) is 3.00. The summed E-state index contributed by atoms with van der Waals surface area (Å²) in [5, 5.41) is 0. The van der Waals surface area contributed by atoms with Crippen molar-refractivity contribution in [3.05, 3.63) is 23.8 Å². The number of carbonyl (C=O) groups excluding carboxylic acids is 1. The quantitative estimate of drug-likeness (QED) is 0.852. The number of hydrogen-bond acceptors (Lipinski definition) is 3. The van der Waals surface area contributed by atoms with Crippen LogP contribution in [0.25, 0.3) is 0 Å². The molecule has 0 aromatic heterocycles. The molecule has 0 saturated carbocycles. The highest BCUT2D eigenvalue weighted by molar-refractivity contribution is 5.97. The highest BCUT2D eigenvalue weighted by Gasteiger charge is 2.24. The van der Waals surface area contributed by atoms with E-state index in [2.05, 4.69) is 6.92 Å². The third-order valence-corrected chi connectivity index (χ3v) is 3.94. The SMILES string of the molecule is CCC1CCN(C(=O)c2ccc(N)cc2OC)CC1. The third-order valence-electron chi connectivity index (χ3n) is 3.94. The zero-order valence-electron chi connectivity index (χ0n) is 11.7. The number of benzene rings is 1. The van der Waals surface area contributed by atoms with Gasteiger partial charge in [-0.05, 0) is 30.9 Å². The van der Waals surface area contributed by atoms with Gasteiger partial charge in [0.15, 0.2) is 0 Å². The molecule has 4 heteroatoms. The molecule has 0 atom stereocenters. The summed E-state index contributed by atoms with van der Waals surface area (Å²) in [7, 11) is 1.56. The van der Waals surface area contributed by atoms with Crippen molar-refractivity contribution in [3.8, 4) is 5.75 Å². The molecule has 2 rings (SSSR count). The summed E-state index contributed by atoms with van der Waals surface area (Å²) in [4.78, 5) is 14.4. The second-order valence-electron chi connectivity index (χ2n) is 5.10. The summed E-state index contributed by atoms with van der Waals surface area (Å²) in [5.41, 5.74) is 6.93. The lowest BCUT2D eigenvalue weighted by Crippen LogP contribution is -2.38. The fourth-order valence-electron chi connectivity index (χ4n) is 2.60. The van der Waals surface area contributed by atoms with Crippen LogP contribution in [0.15, 0.2) is 18.2 Å². The van der Waals surface area contributed by atoms with Gasteiger partial charge in [0.2, 0.25) is 0 Å². The molecule has 0 unspecified atom stereocenters. The highest BCUT2D eigenvalue weighted by atomic mass is 16.5. The zero-order chi connectivity index (χ0) is 13.8. The molecule has 1 aromatic rings. The van der Waals surface area contributed by atoms with Crippen LogP contribution in [0.2, 0.25) is 0 Å². The summed E-state index contributed by atoms with van der Waals surface area (Å²) in [5.74, 6) is 1.37. The predicted molar refractivity (Wildman–Crippen MR) is 76.3 cm³/mol. The van der Waals surface area contributed by atoms with E-state index in [1.165, 1.54) is 6.42 Å². The highest BCUT2D eigenvalue weighted by Crippen LogP contribution is 2.26. The first-order valence-corrected chi connectivity index (χ1v) is 6.88. The van der Waals surface area contributed by atoms with Crippen LogP contribution < -0.4 is 10.5 Å². The second kappa shape index (κ2) is 5.95. The molecule has 1 fully saturated rings. The first-order chi connectivity index (χ1) is 9.15. The molecule has 0 bridgehead atoms. The Morgan fingerprint density at radius 1 is 1.42 bits per heavy atom. The standard InChI is InChI=1S/C15H22N2O2/c1-3-11-6-8-17(9-7-11)15(18)13-5-4-12(16)10-14(13)19-2/h4-5,10-11H,3,6-9,16H2,1-2H3. The molecule has 1 aliphatic heterocycles. The van der Waals surface area contributed by atoms with E-state index in [9.17, 15) is 4.79 Å². The average Bonchev–Trinajstić information content (AvgIpc) is 2.46. The van der Waals surface area contributed by atoms with Crippen molar-refractivity contribution < 1.29 is 9.53 Å². The molecule has 1 aliphatic rings. The number of rotatable bonds is 3. The van der Waals surface area contributed by atoms with Crippen molar-refractivity contribution in [2.24, 2.45) is 5.92 Å². The maximum Gasteiger partial charge on any atom is 0.257 e. The van der Waals surface area contributed by atoms with Crippen LogP contribution in [0.5, 0.6) is 5.75 Å². The summed E-state index contributed by atoms with van der Waals surface area (Å²) in [6.45, 7) is 3.89. The monoisotopic (exact) mass is 262 g/mol. The molecular formula is C15H22N2O2. The van der Waals surface area contributed by atoms with Crippen LogP contribution in [0.3, 0.4) is 0 Å². The molecule has 104 valence electrons. The molecule has 19 heavy (non-hydrogen) atoms. The number of amides is 1. The lowest BCUT2D eigenvalue weighted by Gasteiger charge is -2.31. The van der Waals surface area contributed by atoms with Crippen LogP contribution in [0.1, 0.15) is 36.5 Å². The fraction of sp³-hybridized carbons (Fsp3) is 0.533. The van der Waals surface area contributed by atoms with Gasteiger partial charge in [0.1, 0.15) is 5.75 Å². The van der Waals surface area contributed by atoms with Gasteiger partial charge in [-0.25, -0.2) is 0 Å². The van der Waals surface area contributed by atoms with E-state index in [-0.39, 0.29) is 5.91 Å². The molecule has 0 aliphatic carbocycles. The van der Waals surface area contributed by atoms with Crippen LogP contribution in [-0.4, -0.2) is 31.0 Å². The van der Waals surface area contributed by atoms with Crippen LogP contribution >= 0.6 is 0 Å². The summed E-state index contributed by atoms with van der Waals surface area (Å²) in [6.07, 6.45) is 3.40. The lowest BCUT2D eigenvalue weighted by atomic mass is 9.94. The minimum atomic E-state index is 0.0476. The Morgan fingerprint density at radius 2 is 2.11 bits per heavy atom. The maximum atomic E-state index is 12.5.